The predicted molar refractivity (Wildman–Crippen MR) is 102 cm³/mol. The Hall–Kier alpha value is -1.67. The summed E-state index contributed by atoms with van der Waals surface area (Å²) in [4.78, 5) is 27.4. The molecule has 3 aliphatic rings. The van der Waals surface area contributed by atoms with Crippen LogP contribution in [0.15, 0.2) is 0 Å². The lowest BCUT2D eigenvalue weighted by Crippen LogP contribution is -2.54. The summed E-state index contributed by atoms with van der Waals surface area (Å²) in [5.41, 5.74) is 5.59. The topological polar surface area (TPSA) is 121 Å². The summed E-state index contributed by atoms with van der Waals surface area (Å²) in [6.45, 7) is 2.04. The number of amidine groups is 1. The molecule has 0 aromatic heterocycles. The van der Waals surface area contributed by atoms with Gasteiger partial charge in [-0.1, -0.05) is 0 Å². The number of nitrogens with one attached hydrogen (secondary N) is 3. The number of carbonyl (C=O) groups is 2. The second kappa shape index (κ2) is 9.01. The van der Waals surface area contributed by atoms with Crippen molar-refractivity contribution < 1.29 is 14.3 Å². The van der Waals surface area contributed by atoms with Crippen LogP contribution in [0.5, 0.6) is 0 Å². The van der Waals surface area contributed by atoms with E-state index in [1.165, 1.54) is 0 Å². The van der Waals surface area contributed by atoms with Crippen molar-refractivity contribution in [3.8, 4) is 0 Å². The van der Waals surface area contributed by atoms with Gasteiger partial charge in [0.2, 0.25) is 11.8 Å². The van der Waals surface area contributed by atoms with Crippen molar-refractivity contribution in [1.82, 2.24) is 15.5 Å². The number of ether oxygens (including phenoxy) is 1. The van der Waals surface area contributed by atoms with E-state index in [0.717, 1.165) is 51.5 Å². The molecule has 5 N–H and O–H groups in total. The van der Waals surface area contributed by atoms with E-state index >= 15 is 0 Å². The predicted octanol–water partition coefficient (Wildman–Crippen LogP) is 0.213. The molecule has 0 aromatic rings. The Balaban J connectivity index is 1.49. The molecule has 2 amide bonds. The highest BCUT2D eigenvalue weighted by Crippen LogP contribution is 2.28. The third-order valence-corrected chi connectivity index (χ3v) is 6.42. The fourth-order valence-electron chi connectivity index (χ4n) is 4.70. The van der Waals surface area contributed by atoms with E-state index in [1.807, 2.05) is 0 Å². The first kappa shape index (κ1) is 20.1. The van der Waals surface area contributed by atoms with Gasteiger partial charge in [-0.3, -0.25) is 15.0 Å². The van der Waals surface area contributed by atoms with Gasteiger partial charge in [-0.2, -0.15) is 0 Å². The molecule has 152 valence electrons. The summed E-state index contributed by atoms with van der Waals surface area (Å²) in [7, 11) is 1.63. The quantitative estimate of drug-likeness (QED) is 0.388. The lowest BCUT2D eigenvalue weighted by Gasteiger charge is -2.30. The number of hydrogen-bond acceptors (Lipinski definition) is 5. The minimum Gasteiger partial charge on any atom is -0.387 e. The number of nitrogens with zero attached hydrogens (tertiary/aromatic N) is 1. The van der Waals surface area contributed by atoms with E-state index in [2.05, 4.69) is 10.6 Å². The van der Waals surface area contributed by atoms with E-state index in [4.69, 9.17) is 15.9 Å². The van der Waals surface area contributed by atoms with Crippen LogP contribution in [0.4, 0.5) is 0 Å². The standard InChI is InChI=1S/C19H33N5O3/c1-27-15-8-9-22-16(15)19(26)24-10-2-3-14(24)18(25)23-11-12-4-6-13(7-5-12)17(20)21/h12-16,22H,2-11H2,1H3,(H3,20,21)(H,23,25)/t12?,13?,14-,15+,16+/m0/s1. The minimum absolute atomic E-state index is 0.0148. The third kappa shape index (κ3) is 4.60. The van der Waals surface area contributed by atoms with Crippen molar-refractivity contribution in [3.63, 3.8) is 0 Å². The van der Waals surface area contributed by atoms with Crippen molar-refractivity contribution in [2.24, 2.45) is 17.6 Å². The molecule has 1 aliphatic carbocycles. The van der Waals surface area contributed by atoms with Gasteiger partial charge >= 0.3 is 0 Å². The summed E-state index contributed by atoms with van der Waals surface area (Å²) in [6, 6.07) is -0.712. The van der Waals surface area contributed by atoms with E-state index in [9.17, 15) is 9.59 Å². The van der Waals surface area contributed by atoms with Crippen LogP contribution in [-0.2, 0) is 14.3 Å². The Labute approximate surface area is 161 Å². The fraction of sp³-hybridized carbons (Fsp3) is 0.842. The number of likely N-dealkylation sites (tertiary alicyclic amines) is 1. The van der Waals surface area contributed by atoms with Crippen LogP contribution in [0.25, 0.3) is 0 Å². The van der Waals surface area contributed by atoms with Gasteiger partial charge in [0.25, 0.3) is 0 Å². The van der Waals surface area contributed by atoms with E-state index in [-0.39, 0.29) is 41.8 Å². The number of nitrogens with two attached hydrogens (primary N) is 1. The molecule has 1 saturated carbocycles. The first-order chi connectivity index (χ1) is 13.0. The van der Waals surface area contributed by atoms with Crippen LogP contribution in [0, 0.1) is 17.2 Å². The number of rotatable bonds is 6. The van der Waals surface area contributed by atoms with Crippen molar-refractivity contribution in [3.05, 3.63) is 0 Å². The lowest BCUT2D eigenvalue weighted by molar-refractivity contribution is -0.141. The van der Waals surface area contributed by atoms with Gasteiger partial charge < -0.3 is 26.0 Å². The highest BCUT2D eigenvalue weighted by Gasteiger charge is 2.41. The minimum atomic E-state index is -0.369. The Morgan fingerprint density at radius 3 is 2.63 bits per heavy atom. The number of carbonyl (C=O) groups excluding carboxylic acids is 2. The van der Waals surface area contributed by atoms with Gasteiger partial charge in [-0.05, 0) is 57.4 Å². The molecule has 3 atom stereocenters. The Bertz CT molecular complexity index is 562. The Kier molecular flexibility index (Phi) is 6.70. The van der Waals surface area contributed by atoms with Crippen LogP contribution in [0.3, 0.4) is 0 Å². The summed E-state index contributed by atoms with van der Waals surface area (Å²) in [6.07, 6.45) is 6.11. The largest absolute Gasteiger partial charge is 0.387 e. The number of amides is 2. The van der Waals surface area contributed by atoms with Crippen molar-refractivity contribution in [2.75, 3.05) is 26.7 Å². The van der Waals surface area contributed by atoms with Crippen LogP contribution >= 0.6 is 0 Å². The molecule has 0 spiro atoms. The van der Waals surface area contributed by atoms with Gasteiger partial charge in [-0.15, -0.1) is 0 Å². The molecular formula is C19H33N5O3. The first-order valence-electron chi connectivity index (χ1n) is 10.2. The summed E-state index contributed by atoms with van der Waals surface area (Å²) in [5.74, 6) is 0.866. The zero-order chi connectivity index (χ0) is 19.4. The van der Waals surface area contributed by atoms with Gasteiger partial charge in [0, 0.05) is 26.1 Å². The molecule has 8 nitrogen and oxygen atoms in total. The molecule has 3 fully saturated rings. The molecular weight excluding hydrogens is 346 g/mol. The molecule has 2 heterocycles. The van der Waals surface area contributed by atoms with Gasteiger partial charge in [0.05, 0.1) is 11.9 Å². The maximum Gasteiger partial charge on any atom is 0.243 e. The molecule has 8 heteroatoms. The van der Waals surface area contributed by atoms with Crippen LogP contribution in [-0.4, -0.2) is 67.5 Å². The first-order valence-corrected chi connectivity index (χ1v) is 10.2. The van der Waals surface area contributed by atoms with E-state index in [1.54, 1.807) is 12.0 Å². The van der Waals surface area contributed by atoms with Gasteiger partial charge in [0.1, 0.15) is 12.1 Å². The second-order valence-corrected chi connectivity index (χ2v) is 8.10. The summed E-state index contributed by atoms with van der Waals surface area (Å²) in [5, 5.41) is 13.8. The molecule has 3 rings (SSSR count). The number of hydrogen-bond donors (Lipinski definition) is 4. The van der Waals surface area contributed by atoms with Gasteiger partial charge in [0.15, 0.2) is 0 Å². The lowest BCUT2D eigenvalue weighted by atomic mass is 9.81. The highest BCUT2D eigenvalue weighted by atomic mass is 16.5. The highest BCUT2D eigenvalue weighted by molar-refractivity contribution is 5.90. The fourth-order valence-corrected chi connectivity index (χ4v) is 4.70. The molecule has 0 radical (unpaired) electrons. The average Bonchev–Trinajstić information content (AvgIpc) is 3.35. The van der Waals surface area contributed by atoms with Crippen LogP contribution in [0.1, 0.15) is 44.9 Å². The maximum atomic E-state index is 12.9. The SMILES string of the molecule is CO[C@@H]1CCN[C@H]1C(=O)N1CCC[C@H]1C(=O)NCC1CCC(C(=N)N)CC1. The third-order valence-electron chi connectivity index (χ3n) is 6.42. The Morgan fingerprint density at radius 2 is 1.96 bits per heavy atom. The maximum absolute atomic E-state index is 12.9. The summed E-state index contributed by atoms with van der Waals surface area (Å²) < 4.78 is 5.42. The van der Waals surface area contributed by atoms with Crippen molar-refractivity contribution in [1.29, 1.82) is 5.41 Å². The van der Waals surface area contributed by atoms with E-state index < -0.39 is 0 Å². The average molecular weight is 380 g/mol. The zero-order valence-corrected chi connectivity index (χ0v) is 16.2. The van der Waals surface area contributed by atoms with Crippen LogP contribution in [0.2, 0.25) is 0 Å². The van der Waals surface area contributed by atoms with E-state index in [0.29, 0.717) is 19.0 Å². The van der Waals surface area contributed by atoms with Crippen LogP contribution < -0.4 is 16.4 Å². The monoisotopic (exact) mass is 379 g/mol. The van der Waals surface area contributed by atoms with Crippen molar-refractivity contribution in [2.45, 2.75) is 63.1 Å². The molecule has 27 heavy (non-hydrogen) atoms. The molecule has 0 bridgehead atoms. The zero-order valence-electron chi connectivity index (χ0n) is 16.2. The molecule has 2 saturated heterocycles. The molecule has 2 aliphatic heterocycles. The normalized spacial score (nSPS) is 33.8. The molecule has 0 aromatic carbocycles. The summed E-state index contributed by atoms with van der Waals surface area (Å²) >= 11 is 0. The van der Waals surface area contributed by atoms with Gasteiger partial charge in [-0.25, -0.2) is 0 Å². The molecule has 0 unspecified atom stereocenters. The second-order valence-electron chi connectivity index (χ2n) is 8.10. The number of methoxy groups -OCH3 is 1. The Morgan fingerprint density at radius 1 is 1.22 bits per heavy atom. The van der Waals surface area contributed by atoms with Crippen molar-refractivity contribution >= 4 is 17.6 Å². The smallest absolute Gasteiger partial charge is 0.243 e.